The number of aliphatic imine (C=N–C) groups is 1. The summed E-state index contributed by atoms with van der Waals surface area (Å²) in [4.78, 5) is 31.7. The topological polar surface area (TPSA) is 98.3 Å². The lowest BCUT2D eigenvalue weighted by molar-refractivity contribution is -0.125. The molecular formula is C32H44N6O3S. The van der Waals surface area contributed by atoms with Crippen LogP contribution in [0.3, 0.4) is 0 Å². The molecular weight excluding hydrogens is 548 g/mol. The molecule has 0 spiro atoms. The minimum absolute atomic E-state index is 0.0101. The second-order valence-corrected chi connectivity index (χ2v) is 11.1. The third kappa shape index (κ3) is 8.70. The molecule has 0 aliphatic carbocycles. The smallest absolute Gasteiger partial charge is 0.255 e. The molecule has 42 heavy (non-hydrogen) atoms. The SMILES string of the molecule is C=C(/C=C\N=C(C)Nc1cc(NC(=O)c2ccc(CN3SNC(=O)C3(C)C)cc2)ccc1CC)N1CCOCC1.CC. The van der Waals surface area contributed by atoms with E-state index in [4.69, 9.17) is 4.74 Å². The van der Waals surface area contributed by atoms with Crippen molar-refractivity contribution >= 4 is 41.2 Å². The second-order valence-electron chi connectivity index (χ2n) is 10.2. The lowest BCUT2D eigenvalue weighted by atomic mass is 10.0. The summed E-state index contributed by atoms with van der Waals surface area (Å²) in [6, 6.07) is 13.3. The third-order valence-electron chi connectivity index (χ3n) is 6.99. The van der Waals surface area contributed by atoms with Gasteiger partial charge < -0.3 is 20.3 Å². The molecule has 0 saturated carbocycles. The molecule has 10 heteroatoms. The fourth-order valence-corrected chi connectivity index (χ4v) is 5.27. The molecule has 2 aromatic carbocycles. The number of ether oxygens (including phenoxy) is 1. The van der Waals surface area contributed by atoms with Crippen LogP contribution in [0.4, 0.5) is 11.4 Å². The number of hydrogen-bond acceptors (Lipinski definition) is 7. The lowest BCUT2D eigenvalue weighted by Crippen LogP contribution is -2.41. The van der Waals surface area contributed by atoms with Gasteiger partial charge in [-0.3, -0.25) is 14.3 Å². The highest BCUT2D eigenvalue weighted by atomic mass is 32.2. The summed E-state index contributed by atoms with van der Waals surface area (Å²) in [5.74, 6) is 0.532. The van der Waals surface area contributed by atoms with E-state index in [0.717, 1.165) is 47.9 Å². The van der Waals surface area contributed by atoms with E-state index in [1.54, 1.807) is 18.3 Å². The molecule has 0 bridgehead atoms. The summed E-state index contributed by atoms with van der Waals surface area (Å²) in [5, 5.41) is 6.37. The van der Waals surface area contributed by atoms with Crippen LogP contribution in [0, 0.1) is 0 Å². The van der Waals surface area contributed by atoms with Crippen LogP contribution in [-0.2, 0) is 22.5 Å². The quantitative estimate of drug-likeness (QED) is 0.142. The van der Waals surface area contributed by atoms with Crippen LogP contribution in [0.1, 0.15) is 63.0 Å². The van der Waals surface area contributed by atoms with Crippen molar-refractivity contribution in [2.24, 2.45) is 4.99 Å². The van der Waals surface area contributed by atoms with Crippen molar-refractivity contribution in [2.45, 2.75) is 60.0 Å². The second kappa shape index (κ2) is 15.6. The van der Waals surface area contributed by atoms with Gasteiger partial charge in [-0.25, -0.2) is 9.30 Å². The molecule has 0 atom stereocenters. The molecule has 3 N–H and O–H groups in total. The largest absolute Gasteiger partial charge is 0.378 e. The molecule has 2 saturated heterocycles. The predicted molar refractivity (Wildman–Crippen MR) is 174 cm³/mol. The van der Waals surface area contributed by atoms with Crippen molar-refractivity contribution in [1.82, 2.24) is 13.9 Å². The van der Waals surface area contributed by atoms with Crippen molar-refractivity contribution < 1.29 is 14.3 Å². The number of hydrogen-bond donors (Lipinski definition) is 3. The van der Waals surface area contributed by atoms with Crippen LogP contribution < -0.4 is 15.4 Å². The number of allylic oxidation sites excluding steroid dienone is 1. The van der Waals surface area contributed by atoms with Gasteiger partial charge in [0.05, 0.1) is 13.2 Å². The summed E-state index contributed by atoms with van der Waals surface area (Å²) in [6.45, 7) is 19.6. The highest BCUT2D eigenvalue weighted by molar-refractivity contribution is 7.96. The van der Waals surface area contributed by atoms with Gasteiger partial charge in [0, 0.05) is 60.6 Å². The Morgan fingerprint density at radius 1 is 1.14 bits per heavy atom. The normalized spacial score (nSPS) is 17.0. The Morgan fingerprint density at radius 2 is 1.83 bits per heavy atom. The minimum Gasteiger partial charge on any atom is -0.378 e. The predicted octanol–water partition coefficient (Wildman–Crippen LogP) is 5.99. The van der Waals surface area contributed by atoms with Gasteiger partial charge >= 0.3 is 0 Å². The number of carbonyl (C=O) groups excluding carboxylic acids is 2. The van der Waals surface area contributed by atoms with Gasteiger partial charge in [-0.1, -0.05) is 45.5 Å². The molecule has 2 fully saturated rings. The number of amidine groups is 1. The first kappa shape index (κ1) is 32.9. The van der Waals surface area contributed by atoms with E-state index in [1.807, 2.05) is 75.3 Å². The number of nitrogens with zero attached hydrogens (tertiary/aromatic N) is 3. The van der Waals surface area contributed by atoms with E-state index in [0.29, 0.717) is 31.0 Å². The van der Waals surface area contributed by atoms with E-state index < -0.39 is 5.54 Å². The van der Waals surface area contributed by atoms with Crippen LogP contribution in [0.5, 0.6) is 0 Å². The highest BCUT2D eigenvalue weighted by Crippen LogP contribution is 2.31. The minimum atomic E-state index is -0.589. The summed E-state index contributed by atoms with van der Waals surface area (Å²) in [7, 11) is 0. The molecule has 0 radical (unpaired) electrons. The average molecular weight is 593 g/mol. The molecule has 226 valence electrons. The Kier molecular flexibility index (Phi) is 12.2. The molecule has 0 aromatic heterocycles. The Labute approximate surface area is 254 Å². The van der Waals surface area contributed by atoms with E-state index in [2.05, 4.69) is 38.8 Å². The number of carbonyl (C=O) groups is 2. The van der Waals surface area contributed by atoms with Gasteiger partial charge in [0.15, 0.2) is 0 Å². The van der Waals surface area contributed by atoms with Crippen LogP contribution in [-0.4, -0.2) is 58.7 Å². The van der Waals surface area contributed by atoms with E-state index in [9.17, 15) is 9.59 Å². The third-order valence-corrected chi connectivity index (χ3v) is 8.07. The Morgan fingerprint density at radius 3 is 2.45 bits per heavy atom. The van der Waals surface area contributed by atoms with Gasteiger partial charge in [-0.15, -0.1) is 0 Å². The Hall–Kier alpha value is -3.60. The zero-order chi connectivity index (χ0) is 30.7. The highest BCUT2D eigenvalue weighted by Gasteiger charge is 2.41. The van der Waals surface area contributed by atoms with E-state index in [-0.39, 0.29) is 11.8 Å². The summed E-state index contributed by atoms with van der Waals surface area (Å²) >= 11 is 1.31. The zero-order valence-corrected chi connectivity index (χ0v) is 26.4. The molecule has 2 aliphatic rings. The van der Waals surface area contributed by atoms with Crippen molar-refractivity contribution in [3.8, 4) is 0 Å². The van der Waals surface area contributed by atoms with Gasteiger partial charge in [0.2, 0.25) is 0 Å². The standard InChI is InChI=1S/C30H38N6O3S.C2H6/c1-6-24-11-12-26(19-27(24)32-22(3)31-14-13-21(2)35-15-17-39-18-16-35)33-28(37)25-9-7-23(8-10-25)20-36-30(4,5)29(38)34-40-36;1-2/h7-14,19H,2,6,15-18,20H2,1,3-5H3,(H,31,32)(H,33,37)(H,34,38);1-2H3/b14-13-;. The average Bonchev–Trinajstić information content (AvgIpc) is 3.25. The Bertz CT molecular complexity index is 1300. The zero-order valence-electron chi connectivity index (χ0n) is 25.6. The number of nitrogens with one attached hydrogen (secondary N) is 3. The van der Waals surface area contributed by atoms with Crippen molar-refractivity contribution in [3.63, 3.8) is 0 Å². The van der Waals surface area contributed by atoms with Crippen molar-refractivity contribution in [1.29, 1.82) is 0 Å². The van der Waals surface area contributed by atoms with Crippen LogP contribution in [0.15, 0.2) is 72.0 Å². The van der Waals surface area contributed by atoms with Crippen LogP contribution >= 0.6 is 12.1 Å². The van der Waals surface area contributed by atoms with Crippen molar-refractivity contribution in [2.75, 3.05) is 36.9 Å². The van der Waals surface area contributed by atoms with Gasteiger partial charge in [0.1, 0.15) is 11.4 Å². The maximum absolute atomic E-state index is 13.0. The summed E-state index contributed by atoms with van der Waals surface area (Å²) in [6.07, 6.45) is 4.49. The Balaban J connectivity index is 0.00000237. The monoisotopic (exact) mass is 592 g/mol. The maximum Gasteiger partial charge on any atom is 0.255 e. The summed E-state index contributed by atoms with van der Waals surface area (Å²) in [5.41, 5.74) is 4.61. The molecule has 2 aliphatic heterocycles. The molecule has 4 rings (SSSR count). The number of benzene rings is 2. The van der Waals surface area contributed by atoms with E-state index >= 15 is 0 Å². The number of rotatable bonds is 9. The summed E-state index contributed by atoms with van der Waals surface area (Å²) < 4.78 is 10.2. The molecule has 9 nitrogen and oxygen atoms in total. The number of amides is 2. The maximum atomic E-state index is 13.0. The molecule has 0 unspecified atom stereocenters. The first-order valence-electron chi connectivity index (χ1n) is 14.4. The molecule has 2 aromatic rings. The first-order valence-corrected chi connectivity index (χ1v) is 15.2. The molecule has 2 heterocycles. The number of anilines is 2. The first-order chi connectivity index (χ1) is 20.2. The number of aryl methyl sites for hydroxylation is 1. The van der Waals surface area contributed by atoms with Crippen molar-refractivity contribution in [3.05, 3.63) is 83.7 Å². The fourth-order valence-electron chi connectivity index (χ4n) is 4.31. The lowest BCUT2D eigenvalue weighted by Gasteiger charge is -2.28. The van der Waals surface area contributed by atoms with Gasteiger partial charge in [-0.05, 0) is 68.7 Å². The number of morpholine rings is 1. The van der Waals surface area contributed by atoms with Crippen LogP contribution in [0.25, 0.3) is 0 Å². The molecule has 2 amide bonds. The van der Waals surface area contributed by atoms with Gasteiger partial charge in [0.25, 0.3) is 11.8 Å². The van der Waals surface area contributed by atoms with Gasteiger partial charge in [-0.2, -0.15) is 0 Å². The van der Waals surface area contributed by atoms with E-state index in [1.165, 1.54) is 12.1 Å². The fraction of sp³-hybridized carbons (Fsp3) is 0.406. The van der Waals surface area contributed by atoms with Crippen LogP contribution in [0.2, 0.25) is 0 Å².